The van der Waals surface area contributed by atoms with Crippen LogP contribution in [0.4, 0.5) is 0 Å². The Labute approximate surface area is 114 Å². The first-order valence-corrected chi connectivity index (χ1v) is 6.93. The van der Waals surface area contributed by atoms with E-state index in [1.54, 1.807) is 0 Å². The van der Waals surface area contributed by atoms with Crippen molar-refractivity contribution in [3.05, 3.63) is 29.8 Å². The Morgan fingerprint density at radius 1 is 1.42 bits per heavy atom. The van der Waals surface area contributed by atoms with Gasteiger partial charge in [0.25, 0.3) is 5.91 Å². The summed E-state index contributed by atoms with van der Waals surface area (Å²) in [6, 6.07) is 7.31. The van der Waals surface area contributed by atoms with Crippen molar-refractivity contribution in [2.75, 3.05) is 26.2 Å². The topological polar surface area (TPSA) is 55.6 Å². The normalized spacial score (nSPS) is 19.3. The maximum absolute atomic E-state index is 12.3. The lowest BCUT2D eigenvalue weighted by Crippen LogP contribution is -2.39. The number of hydrogen-bond acceptors (Lipinski definition) is 3. The maximum atomic E-state index is 12.3. The molecule has 0 radical (unpaired) electrons. The summed E-state index contributed by atoms with van der Waals surface area (Å²) >= 11 is 0. The number of hydrogen-bond donors (Lipinski definition) is 1. The highest BCUT2D eigenvalue weighted by atomic mass is 16.5. The summed E-state index contributed by atoms with van der Waals surface area (Å²) in [5, 5.41) is 0. The number of rotatable bonds is 4. The van der Waals surface area contributed by atoms with Crippen LogP contribution < -0.4 is 10.5 Å². The van der Waals surface area contributed by atoms with Gasteiger partial charge >= 0.3 is 0 Å². The molecule has 1 aliphatic rings. The fraction of sp³-hybridized carbons (Fsp3) is 0.533. The number of benzene rings is 1. The molecule has 1 fully saturated rings. The molecule has 1 aromatic rings. The van der Waals surface area contributed by atoms with Gasteiger partial charge in [-0.2, -0.15) is 0 Å². The summed E-state index contributed by atoms with van der Waals surface area (Å²) in [7, 11) is 0. The molecule has 1 amide bonds. The fourth-order valence-corrected chi connectivity index (χ4v) is 2.43. The number of likely N-dealkylation sites (tertiary alicyclic amines) is 1. The second kappa shape index (κ2) is 6.57. The van der Waals surface area contributed by atoms with Crippen molar-refractivity contribution in [2.45, 2.75) is 19.8 Å². The predicted octanol–water partition coefficient (Wildman–Crippen LogP) is 1.90. The molecule has 1 unspecified atom stereocenters. The summed E-state index contributed by atoms with van der Waals surface area (Å²) in [6.07, 6.45) is 2.32. The number of nitrogens with two attached hydrogens (primary N) is 1. The van der Waals surface area contributed by atoms with E-state index in [1.807, 2.05) is 29.2 Å². The van der Waals surface area contributed by atoms with E-state index in [9.17, 15) is 4.79 Å². The van der Waals surface area contributed by atoms with E-state index in [0.717, 1.165) is 30.8 Å². The summed E-state index contributed by atoms with van der Waals surface area (Å²) in [5.41, 5.74) is 6.11. The Morgan fingerprint density at radius 3 is 2.79 bits per heavy atom. The maximum Gasteiger partial charge on any atom is 0.253 e. The molecule has 104 valence electrons. The van der Waals surface area contributed by atoms with Gasteiger partial charge in [0, 0.05) is 25.2 Å². The Kier molecular flexibility index (Phi) is 4.80. The lowest BCUT2D eigenvalue weighted by molar-refractivity contribution is 0.0683. The monoisotopic (exact) mass is 262 g/mol. The molecule has 0 aliphatic carbocycles. The zero-order chi connectivity index (χ0) is 13.7. The minimum atomic E-state index is 0.122. The van der Waals surface area contributed by atoms with E-state index in [0.29, 0.717) is 19.1 Å². The Bertz CT molecular complexity index is 417. The van der Waals surface area contributed by atoms with E-state index in [2.05, 4.69) is 6.92 Å². The summed E-state index contributed by atoms with van der Waals surface area (Å²) < 4.78 is 5.40. The summed E-state index contributed by atoms with van der Waals surface area (Å²) in [4.78, 5) is 14.3. The van der Waals surface area contributed by atoms with Crippen molar-refractivity contribution >= 4 is 5.91 Å². The van der Waals surface area contributed by atoms with Crippen LogP contribution in [0.1, 0.15) is 30.1 Å². The van der Waals surface area contributed by atoms with Crippen molar-refractivity contribution in [1.82, 2.24) is 4.90 Å². The minimum Gasteiger partial charge on any atom is -0.492 e. The molecule has 1 aliphatic heterocycles. The molecule has 4 nitrogen and oxygen atoms in total. The molecular weight excluding hydrogens is 240 g/mol. The third-order valence-corrected chi connectivity index (χ3v) is 3.43. The van der Waals surface area contributed by atoms with Crippen LogP contribution in [-0.2, 0) is 0 Å². The average Bonchev–Trinajstić information content (AvgIpc) is 2.45. The zero-order valence-corrected chi connectivity index (χ0v) is 11.5. The molecule has 0 spiro atoms. The summed E-state index contributed by atoms with van der Waals surface area (Å²) in [5.74, 6) is 1.48. The number of carbonyl (C=O) groups is 1. The Hall–Kier alpha value is -1.55. The number of piperidine rings is 1. The molecule has 19 heavy (non-hydrogen) atoms. The van der Waals surface area contributed by atoms with Crippen LogP contribution in [0.5, 0.6) is 5.75 Å². The Balaban J connectivity index is 1.98. The molecule has 4 heteroatoms. The number of nitrogens with zero attached hydrogens (tertiary/aromatic N) is 1. The standard InChI is InChI=1S/C15H22N2O2/c1-12-3-2-9-17(11-12)15(18)13-4-6-14(7-5-13)19-10-8-16/h4-7,12H,2-3,8-11,16H2,1H3. The predicted molar refractivity (Wildman–Crippen MR) is 75.3 cm³/mol. The van der Waals surface area contributed by atoms with Crippen LogP contribution in [0.25, 0.3) is 0 Å². The number of amides is 1. The first kappa shape index (κ1) is 13.9. The van der Waals surface area contributed by atoms with Gasteiger partial charge in [0.1, 0.15) is 12.4 Å². The quantitative estimate of drug-likeness (QED) is 0.901. The summed E-state index contributed by atoms with van der Waals surface area (Å²) in [6.45, 7) is 4.92. The third-order valence-electron chi connectivity index (χ3n) is 3.43. The van der Waals surface area contributed by atoms with Crippen molar-refractivity contribution in [1.29, 1.82) is 0 Å². The second-order valence-corrected chi connectivity index (χ2v) is 5.16. The second-order valence-electron chi connectivity index (χ2n) is 5.16. The SMILES string of the molecule is CC1CCCN(C(=O)c2ccc(OCCN)cc2)C1. The molecular formula is C15H22N2O2. The van der Waals surface area contributed by atoms with E-state index in [4.69, 9.17) is 10.5 Å². The van der Waals surface area contributed by atoms with Gasteiger partial charge < -0.3 is 15.4 Å². The van der Waals surface area contributed by atoms with Crippen molar-refractivity contribution < 1.29 is 9.53 Å². The van der Waals surface area contributed by atoms with Crippen LogP contribution in [0.3, 0.4) is 0 Å². The zero-order valence-electron chi connectivity index (χ0n) is 11.5. The smallest absolute Gasteiger partial charge is 0.253 e. The molecule has 0 aromatic heterocycles. The van der Waals surface area contributed by atoms with Crippen LogP contribution >= 0.6 is 0 Å². The number of carbonyl (C=O) groups excluding carboxylic acids is 1. The minimum absolute atomic E-state index is 0.122. The Morgan fingerprint density at radius 2 is 2.16 bits per heavy atom. The van der Waals surface area contributed by atoms with Crippen LogP contribution in [0.2, 0.25) is 0 Å². The van der Waals surface area contributed by atoms with Gasteiger partial charge in [-0.3, -0.25) is 4.79 Å². The number of ether oxygens (including phenoxy) is 1. The van der Waals surface area contributed by atoms with Crippen LogP contribution in [0, 0.1) is 5.92 Å². The van der Waals surface area contributed by atoms with Gasteiger partial charge in [0.05, 0.1) is 0 Å². The molecule has 1 aromatic carbocycles. The lowest BCUT2D eigenvalue weighted by atomic mass is 9.99. The molecule has 2 N–H and O–H groups in total. The lowest BCUT2D eigenvalue weighted by Gasteiger charge is -2.31. The highest BCUT2D eigenvalue weighted by molar-refractivity contribution is 5.94. The van der Waals surface area contributed by atoms with Gasteiger partial charge in [-0.1, -0.05) is 6.92 Å². The molecule has 2 rings (SSSR count). The fourth-order valence-electron chi connectivity index (χ4n) is 2.43. The van der Waals surface area contributed by atoms with Gasteiger partial charge in [0.2, 0.25) is 0 Å². The van der Waals surface area contributed by atoms with E-state index >= 15 is 0 Å². The molecule has 1 atom stereocenters. The van der Waals surface area contributed by atoms with Crippen molar-refractivity contribution in [2.24, 2.45) is 11.7 Å². The highest BCUT2D eigenvalue weighted by Gasteiger charge is 2.21. The highest BCUT2D eigenvalue weighted by Crippen LogP contribution is 2.19. The third kappa shape index (κ3) is 3.70. The average molecular weight is 262 g/mol. The first-order chi connectivity index (χ1) is 9.20. The molecule has 1 saturated heterocycles. The van der Waals surface area contributed by atoms with Crippen LogP contribution in [0.15, 0.2) is 24.3 Å². The largest absolute Gasteiger partial charge is 0.492 e. The van der Waals surface area contributed by atoms with Gasteiger partial charge in [-0.15, -0.1) is 0 Å². The molecule has 1 heterocycles. The molecule has 0 saturated carbocycles. The van der Waals surface area contributed by atoms with Gasteiger partial charge in [-0.05, 0) is 43.0 Å². The van der Waals surface area contributed by atoms with Crippen molar-refractivity contribution in [3.8, 4) is 5.75 Å². The van der Waals surface area contributed by atoms with E-state index in [1.165, 1.54) is 6.42 Å². The van der Waals surface area contributed by atoms with Crippen LogP contribution in [-0.4, -0.2) is 37.0 Å². The van der Waals surface area contributed by atoms with Gasteiger partial charge in [0.15, 0.2) is 0 Å². The van der Waals surface area contributed by atoms with Crippen molar-refractivity contribution in [3.63, 3.8) is 0 Å². The van der Waals surface area contributed by atoms with Gasteiger partial charge in [-0.25, -0.2) is 0 Å². The molecule has 0 bridgehead atoms. The first-order valence-electron chi connectivity index (χ1n) is 6.93. The van der Waals surface area contributed by atoms with E-state index < -0.39 is 0 Å². The van der Waals surface area contributed by atoms with E-state index in [-0.39, 0.29) is 5.91 Å².